The summed E-state index contributed by atoms with van der Waals surface area (Å²) in [5.74, 6) is -0.394. The van der Waals surface area contributed by atoms with E-state index < -0.39 is 5.97 Å². The van der Waals surface area contributed by atoms with Crippen molar-refractivity contribution in [2.45, 2.75) is 0 Å². The van der Waals surface area contributed by atoms with Gasteiger partial charge in [0.1, 0.15) is 0 Å². The fourth-order valence-electron chi connectivity index (χ4n) is 0.0833. The zero-order valence-electron chi connectivity index (χ0n) is 3.92. The minimum Gasteiger partial charge on any atom is -0.466 e. The molecule has 0 amide bonds. The van der Waals surface area contributed by atoms with E-state index in [-0.39, 0.29) is 21.1 Å². The van der Waals surface area contributed by atoms with E-state index in [0.717, 1.165) is 6.08 Å². The van der Waals surface area contributed by atoms with Crippen molar-refractivity contribution in [3.63, 3.8) is 0 Å². The van der Waals surface area contributed by atoms with Gasteiger partial charge in [-0.25, -0.2) is 4.79 Å². The standard InChI is InChI=1S/C4H6O2.Pt/c1-3-4(5)6-2;/h3H,1H2,2H3;. The number of rotatable bonds is 1. The Hall–Kier alpha value is -0.102. The number of esters is 1. The number of hydrogen-bond donors (Lipinski definition) is 0. The van der Waals surface area contributed by atoms with Gasteiger partial charge in [-0.1, -0.05) is 6.58 Å². The number of carbonyl (C=O) groups excluding carboxylic acids is 1. The van der Waals surface area contributed by atoms with Gasteiger partial charge in [-0.15, -0.1) is 0 Å². The van der Waals surface area contributed by atoms with Crippen molar-refractivity contribution in [2.75, 3.05) is 7.11 Å². The zero-order valence-corrected chi connectivity index (χ0v) is 6.19. The predicted octanol–water partition coefficient (Wildman–Crippen LogP) is 0.343. The normalized spacial score (nSPS) is 5.86. The molecule has 7 heavy (non-hydrogen) atoms. The molecule has 0 unspecified atom stereocenters. The Kier molecular flexibility index (Phi) is 8.43. The first-order valence-electron chi connectivity index (χ1n) is 1.51. The van der Waals surface area contributed by atoms with Gasteiger partial charge in [-0.3, -0.25) is 0 Å². The number of carbonyl (C=O) groups is 1. The molecule has 0 saturated carbocycles. The van der Waals surface area contributed by atoms with Gasteiger partial charge in [-0.05, 0) is 0 Å². The van der Waals surface area contributed by atoms with Crippen LogP contribution in [0.5, 0.6) is 0 Å². The van der Waals surface area contributed by atoms with Crippen molar-refractivity contribution in [3.8, 4) is 0 Å². The van der Waals surface area contributed by atoms with Crippen LogP contribution in [0.1, 0.15) is 0 Å². The van der Waals surface area contributed by atoms with E-state index in [4.69, 9.17) is 0 Å². The maximum atomic E-state index is 9.84. The summed E-state index contributed by atoms with van der Waals surface area (Å²) < 4.78 is 4.14. The Morgan fingerprint density at radius 1 is 1.86 bits per heavy atom. The Labute approximate surface area is 56.8 Å². The third-order valence-corrected chi connectivity index (χ3v) is 0.368. The molecule has 0 aliphatic carbocycles. The molecule has 0 heterocycles. The quantitative estimate of drug-likeness (QED) is 0.512. The molecule has 0 spiro atoms. The first kappa shape index (κ1) is 10.0. The van der Waals surface area contributed by atoms with Crippen molar-refractivity contribution in [2.24, 2.45) is 0 Å². The van der Waals surface area contributed by atoms with Gasteiger partial charge in [0, 0.05) is 27.1 Å². The minimum absolute atomic E-state index is 0. The van der Waals surface area contributed by atoms with Crippen LogP contribution in [0.3, 0.4) is 0 Å². The molecule has 0 aromatic rings. The van der Waals surface area contributed by atoms with Crippen LogP contribution in [0.25, 0.3) is 0 Å². The van der Waals surface area contributed by atoms with Crippen molar-refractivity contribution in [1.82, 2.24) is 0 Å². The Bertz CT molecular complexity index is 70.1. The first-order valence-corrected chi connectivity index (χ1v) is 1.51. The molecule has 2 nitrogen and oxygen atoms in total. The Morgan fingerprint density at radius 3 is 2.29 bits per heavy atom. The zero-order chi connectivity index (χ0) is 4.99. The van der Waals surface area contributed by atoms with E-state index >= 15 is 0 Å². The summed E-state index contributed by atoms with van der Waals surface area (Å²) in [6.07, 6.45) is 1.11. The van der Waals surface area contributed by atoms with Gasteiger partial charge < -0.3 is 4.74 Å². The summed E-state index contributed by atoms with van der Waals surface area (Å²) in [6.45, 7) is 3.16. The van der Waals surface area contributed by atoms with Crippen LogP contribution in [-0.4, -0.2) is 13.1 Å². The number of hydrogen-bond acceptors (Lipinski definition) is 2. The Morgan fingerprint density at radius 2 is 2.29 bits per heavy atom. The van der Waals surface area contributed by atoms with Gasteiger partial charge in [-0.2, -0.15) is 0 Å². The maximum absolute atomic E-state index is 9.84. The van der Waals surface area contributed by atoms with Crippen LogP contribution in [-0.2, 0) is 30.6 Å². The van der Waals surface area contributed by atoms with Crippen LogP contribution in [0.2, 0.25) is 0 Å². The average molecular weight is 281 g/mol. The summed E-state index contributed by atoms with van der Waals surface area (Å²) in [5.41, 5.74) is 0. The van der Waals surface area contributed by atoms with E-state index in [1.54, 1.807) is 0 Å². The fraction of sp³-hybridized carbons (Fsp3) is 0.250. The second-order valence-corrected chi connectivity index (χ2v) is 0.727. The molecule has 0 N–H and O–H groups in total. The third-order valence-electron chi connectivity index (χ3n) is 0.368. The summed E-state index contributed by atoms with van der Waals surface area (Å²) in [7, 11) is 1.31. The molecular formula is C4H6O2Pt. The second-order valence-electron chi connectivity index (χ2n) is 0.727. The summed E-state index contributed by atoms with van der Waals surface area (Å²) in [5, 5.41) is 0. The van der Waals surface area contributed by atoms with E-state index in [0.29, 0.717) is 0 Å². The number of ether oxygens (including phenoxy) is 1. The molecule has 0 aromatic carbocycles. The van der Waals surface area contributed by atoms with Gasteiger partial charge in [0.25, 0.3) is 0 Å². The fourth-order valence-corrected chi connectivity index (χ4v) is 0.0833. The third kappa shape index (κ3) is 5.90. The van der Waals surface area contributed by atoms with E-state index in [1.807, 2.05) is 0 Å². The maximum Gasteiger partial charge on any atom is 0.329 e. The second kappa shape index (κ2) is 5.90. The number of methoxy groups -OCH3 is 1. The molecule has 0 aromatic heterocycles. The molecule has 0 radical (unpaired) electrons. The molecule has 0 aliphatic heterocycles. The average Bonchev–Trinajstić information content (AvgIpc) is 1.65. The van der Waals surface area contributed by atoms with Gasteiger partial charge >= 0.3 is 5.97 Å². The molecular weight excluding hydrogens is 275 g/mol. The van der Waals surface area contributed by atoms with Crippen molar-refractivity contribution < 1.29 is 30.6 Å². The predicted molar refractivity (Wildman–Crippen MR) is 22.2 cm³/mol. The monoisotopic (exact) mass is 281 g/mol. The smallest absolute Gasteiger partial charge is 0.329 e. The van der Waals surface area contributed by atoms with Crippen LogP contribution in [0.4, 0.5) is 0 Å². The van der Waals surface area contributed by atoms with Gasteiger partial charge in [0.15, 0.2) is 0 Å². The molecule has 44 valence electrons. The van der Waals surface area contributed by atoms with Crippen LogP contribution >= 0.6 is 0 Å². The topological polar surface area (TPSA) is 26.3 Å². The van der Waals surface area contributed by atoms with E-state index in [9.17, 15) is 4.79 Å². The van der Waals surface area contributed by atoms with Crippen molar-refractivity contribution >= 4 is 5.97 Å². The molecule has 3 heteroatoms. The minimum atomic E-state index is -0.394. The molecule has 0 rings (SSSR count). The molecule has 0 fully saturated rings. The van der Waals surface area contributed by atoms with Crippen molar-refractivity contribution in [1.29, 1.82) is 0 Å². The van der Waals surface area contributed by atoms with Crippen LogP contribution in [0, 0.1) is 0 Å². The molecule has 0 bridgehead atoms. The SMILES string of the molecule is C=CC(=O)OC.[Pt]. The van der Waals surface area contributed by atoms with E-state index in [1.165, 1.54) is 7.11 Å². The van der Waals surface area contributed by atoms with Crippen LogP contribution in [0.15, 0.2) is 12.7 Å². The molecule has 0 saturated heterocycles. The summed E-state index contributed by atoms with van der Waals surface area (Å²) >= 11 is 0. The molecule has 0 atom stereocenters. The van der Waals surface area contributed by atoms with Gasteiger partial charge in [0.2, 0.25) is 0 Å². The van der Waals surface area contributed by atoms with E-state index in [2.05, 4.69) is 11.3 Å². The summed E-state index contributed by atoms with van der Waals surface area (Å²) in [6, 6.07) is 0. The van der Waals surface area contributed by atoms with Crippen molar-refractivity contribution in [3.05, 3.63) is 12.7 Å². The summed E-state index contributed by atoms with van der Waals surface area (Å²) in [4.78, 5) is 9.84. The van der Waals surface area contributed by atoms with Crippen LogP contribution < -0.4 is 0 Å². The largest absolute Gasteiger partial charge is 0.466 e. The first-order chi connectivity index (χ1) is 2.81. The van der Waals surface area contributed by atoms with Gasteiger partial charge in [0.05, 0.1) is 7.11 Å². The Balaban J connectivity index is 0. The molecule has 0 aliphatic rings.